The number of amides is 1. The maximum Gasteiger partial charge on any atom is 0.251 e. The number of rotatable bonds is 7. The zero-order valence-corrected chi connectivity index (χ0v) is 23.0. The Kier molecular flexibility index (Phi) is 8.63. The van der Waals surface area contributed by atoms with Gasteiger partial charge in [0.25, 0.3) is 5.91 Å². The van der Waals surface area contributed by atoms with Crippen molar-refractivity contribution < 1.29 is 9.59 Å². The van der Waals surface area contributed by atoms with Crippen molar-refractivity contribution in [1.29, 1.82) is 0 Å². The minimum absolute atomic E-state index is 0.168. The maximum absolute atomic E-state index is 13.2. The Morgan fingerprint density at radius 1 is 1.09 bits per heavy atom. The van der Waals surface area contributed by atoms with Crippen molar-refractivity contribution in [3.8, 4) is 0 Å². The topological polar surface area (TPSA) is 78.7 Å². The average Bonchev–Trinajstić information content (AvgIpc) is 2.80. The van der Waals surface area contributed by atoms with Gasteiger partial charge in [-0.3, -0.25) is 9.59 Å². The molecular formula is C27H39BrN4O2. The van der Waals surface area contributed by atoms with E-state index in [1.807, 2.05) is 26.8 Å². The van der Waals surface area contributed by atoms with Crippen LogP contribution in [0.25, 0.3) is 0 Å². The normalized spacial score (nSPS) is 21.4. The number of anilines is 1. The summed E-state index contributed by atoms with van der Waals surface area (Å²) in [6, 6.07) is 5.11. The molecule has 2 aliphatic carbocycles. The molecule has 0 aliphatic heterocycles. The third-order valence-electron chi connectivity index (χ3n) is 7.53. The summed E-state index contributed by atoms with van der Waals surface area (Å²) >= 11 is 3.63. The number of nitrogens with zero attached hydrogens (tertiary/aromatic N) is 2. The molecule has 186 valence electrons. The van der Waals surface area contributed by atoms with Gasteiger partial charge in [-0.25, -0.2) is 0 Å². The molecule has 1 saturated carbocycles. The highest BCUT2D eigenvalue weighted by Gasteiger charge is 2.28. The fourth-order valence-electron chi connectivity index (χ4n) is 5.36. The van der Waals surface area contributed by atoms with Crippen molar-refractivity contribution in [2.75, 3.05) is 32.1 Å². The third-order valence-corrected chi connectivity index (χ3v) is 7.98. The summed E-state index contributed by atoms with van der Waals surface area (Å²) in [6.07, 6.45) is 5.34. The first-order valence-corrected chi connectivity index (χ1v) is 13.0. The van der Waals surface area contributed by atoms with Gasteiger partial charge >= 0.3 is 0 Å². The van der Waals surface area contributed by atoms with Crippen LogP contribution in [0.5, 0.6) is 0 Å². The van der Waals surface area contributed by atoms with Crippen molar-refractivity contribution in [3.63, 3.8) is 0 Å². The first kappa shape index (κ1) is 26.5. The summed E-state index contributed by atoms with van der Waals surface area (Å²) in [5.74, 6) is -0.343. The van der Waals surface area contributed by atoms with E-state index >= 15 is 0 Å². The second-order valence-electron chi connectivity index (χ2n) is 9.95. The summed E-state index contributed by atoms with van der Waals surface area (Å²) in [4.78, 5) is 30.7. The van der Waals surface area contributed by atoms with Crippen LogP contribution in [0.2, 0.25) is 0 Å². The molecule has 0 aromatic heterocycles. The molecule has 0 unspecified atom stereocenters. The van der Waals surface area contributed by atoms with Crippen LogP contribution in [0, 0.1) is 6.92 Å². The Labute approximate surface area is 212 Å². The Hall–Kier alpha value is -2.12. The molecule has 6 nitrogen and oxygen atoms in total. The van der Waals surface area contributed by atoms with Crippen molar-refractivity contribution >= 4 is 33.3 Å². The van der Waals surface area contributed by atoms with Crippen molar-refractivity contribution in [3.05, 3.63) is 50.1 Å². The first-order chi connectivity index (χ1) is 16.0. The SMILES string of the molecule is CCN(c1cc(Br)cc(C(=O)NCC2=C(C)CC(C)=C(N)C2=O)c1C)C1CCC(N(C)C)CC1. The summed E-state index contributed by atoms with van der Waals surface area (Å²) in [5, 5.41) is 2.97. The number of hydrogen-bond acceptors (Lipinski definition) is 5. The highest BCUT2D eigenvalue weighted by Crippen LogP contribution is 2.34. The maximum atomic E-state index is 13.2. The molecule has 1 amide bonds. The van der Waals surface area contributed by atoms with Gasteiger partial charge in [-0.15, -0.1) is 0 Å². The van der Waals surface area contributed by atoms with Gasteiger partial charge in [0, 0.05) is 46.5 Å². The Balaban J connectivity index is 1.79. The van der Waals surface area contributed by atoms with Crippen molar-refractivity contribution in [2.24, 2.45) is 5.73 Å². The number of hydrogen-bond donors (Lipinski definition) is 2. The van der Waals surface area contributed by atoms with E-state index in [0.29, 0.717) is 35.3 Å². The van der Waals surface area contributed by atoms with E-state index in [0.717, 1.165) is 46.3 Å². The summed E-state index contributed by atoms with van der Waals surface area (Å²) in [5.41, 5.74) is 11.4. The number of allylic oxidation sites excluding steroid dienone is 3. The van der Waals surface area contributed by atoms with Crippen LogP contribution in [0.1, 0.15) is 68.8 Å². The lowest BCUT2D eigenvalue weighted by molar-refractivity contribution is -0.112. The van der Waals surface area contributed by atoms with Gasteiger partial charge in [0.05, 0.1) is 5.70 Å². The number of nitrogens with two attached hydrogens (primary N) is 1. The minimum atomic E-state index is -0.176. The van der Waals surface area contributed by atoms with Crippen LogP contribution < -0.4 is 16.0 Å². The second kappa shape index (κ2) is 11.1. The van der Waals surface area contributed by atoms with Gasteiger partial charge in [-0.2, -0.15) is 0 Å². The largest absolute Gasteiger partial charge is 0.396 e. The molecule has 1 aromatic carbocycles. The lowest BCUT2D eigenvalue weighted by atomic mass is 9.88. The van der Waals surface area contributed by atoms with E-state index in [1.54, 1.807) is 0 Å². The average molecular weight is 532 g/mol. The molecule has 0 heterocycles. The summed E-state index contributed by atoms with van der Waals surface area (Å²) < 4.78 is 0.880. The highest BCUT2D eigenvalue weighted by molar-refractivity contribution is 9.10. The number of nitrogens with one attached hydrogen (secondary N) is 1. The number of carbonyl (C=O) groups excluding carboxylic acids is 2. The molecule has 2 aliphatic rings. The molecule has 34 heavy (non-hydrogen) atoms. The second-order valence-corrected chi connectivity index (χ2v) is 10.9. The van der Waals surface area contributed by atoms with Gasteiger partial charge in [0.15, 0.2) is 0 Å². The lowest BCUT2D eigenvalue weighted by Crippen LogP contribution is -2.42. The van der Waals surface area contributed by atoms with E-state index in [2.05, 4.69) is 58.1 Å². The third kappa shape index (κ3) is 5.57. The van der Waals surface area contributed by atoms with Gasteiger partial charge in [0.2, 0.25) is 5.78 Å². The van der Waals surface area contributed by atoms with Crippen LogP contribution in [0.3, 0.4) is 0 Å². The smallest absolute Gasteiger partial charge is 0.251 e. The molecule has 1 aromatic rings. The van der Waals surface area contributed by atoms with Gasteiger partial charge in [-0.1, -0.05) is 21.5 Å². The predicted molar refractivity (Wildman–Crippen MR) is 143 cm³/mol. The van der Waals surface area contributed by atoms with Crippen molar-refractivity contribution in [2.45, 2.75) is 71.9 Å². The van der Waals surface area contributed by atoms with E-state index < -0.39 is 0 Å². The van der Waals surface area contributed by atoms with E-state index in [9.17, 15) is 9.59 Å². The Morgan fingerprint density at radius 3 is 2.29 bits per heavy atom. The van der Waals surface area contributed by atoms with Crippen LogP contribution in [-0.4, -0.2) is 55.9 Å². The molecular weight excluding hydrogens is 492 g/mol. The quantitative estimate of drug-likeness (QED) is 0.533. The summed E-state index contributed by atoms with van der Waals surface area (Å²) in [7, 11) is 4.33. The number of carbonyl (C=O) groups is 2. The molecule has 0 atom stereocenters. The van der Waals surface area contributed by atoms with E-state index in [1.165, 1.54) is 12.8 Å². The van der Waals surface area contributed by atoms with Crippen LogP contribution in [0.4, 0.5) is 5.69 Å². The molecule has 3 N–H and O–H groups in total. The van der Waals surface area contributed by atoms with E-state index in [-0.39, 0.29) is 18.2 Å². The highest BCUT2D eigenvalue weighted by atomic mass is 79.9. The lowest BCUT2D eigenvalue weighted by Gasteiger charge is -2.40. The monoisotopic (exact) mass is 530 g/mol. The van der Waals surface area contributed by atoms with Crippen LogP contribution >= 0.6 is 15.9 Å². The standard InChI is InChI=1S/C27H39BrN4O2/c1-7-32(21-10-8-20(9-11-21)31(5)6)24-14-19(28)13-22(18(24)4)27(34)30-15-23-16(2)12-17(3)25(29)26(23)33/h13-14,20-21H,7-12,15,29H2,1-6H3,(H,30,34). The molecule has 7 heteroatoms. The molecule has 0 bridgehead atoms. The minimum Gasteiger partial charge on any atom is -0.396 e. The van der Waals surface area contributed by atoms with Crippen LogP contribution in [0.15, 0.2) is 39.0 Å². The fourth-order valence-corrected chi connectivity index (χ4v) is 5.80. The Morgan fingerprint density at radius 2 is 1.71 bits per heavy atom. The zero-order valence-electron chi connectivity index (χ0n) is 21.4. The number of Topliss-reactive ketones (excluding diaryl/α,β-unsaturated/α-hetero) is 1. The van der Waals surface area contributed by atoms with Gasteiger partial charge in [-0.05, 0) is 97.2 Å². The summed E-state index contributed by atoms with van der Waals surface area (Å²) in [6.45, 7) is 9.09. The van der Waals surface area contributed by atoms with Crippen LogP contribution in [-0.2, 0) is 4.79 Å². The van der Waals surface area contributed by atoms with E-state index in [4.69, 9.17) is 5.73 Å². The van der Waals surface area contributed by atoms with Gasteiger partial charge in [0.1, 0.15) is 0 Å². The zero-order chi connectivity index (χ0) is 25.2. The predicted octanol–water partition coefficient (Wildman–Crippen LogP) is 4.71. The number of benzene rings is 1. The molecule has 3 rings (SSSR count). The number of ketones is 1. The molecule has 0 spiro atoms. The van der Waals surface area contributed by atoms with Crippen molar-refractivity contribution in [1.82, 2.24) is 10.2 Å². The first-order valence-electron chi connectivity index (χ1n) is 12.2. The van der Waals surface area contributed by atoms with Gasteiger partial charge < -0.3 is 20.9 Å². The number of halogens is 1. The molecule has 0 saturated heterocycles. The molecule has 1 fully saturated rings. The Bertz CT molecular complexity index is 1020. The fraction of sp³-hybridized carbons (Fsp3) is 0.556. The molecule has 0 radical (unpaired) electrons.